The van der Waals surface area contributed by atoms with Crippen LogP contribution in [0.5, 0.6) is 0 Å². The van der Waals surface area contributed by atoms with E-state index in [0.29, 0.717) is 18.8 Å². The van der Waals surface area contributed by atoms with Gasteiger partial charge in [0.2, 0.25) is 0 Å². The molecule has 1 atom stereocenters. The van der Waals surface area contributed by atoms with Gasteiger partial charge in [-0.2, -0.15) is 0 Å². The Morgan fingerprint density at radius 3 is 2.94 bits per heavy atom. The van der Waals surface area contributed by atoms with Crippen molar-refractivity contribution in [3.63, 3.8) is 0 Å². The van der Waals surface area contributed by atoms with Gasteiger partial charge < -0.3 is 9.42 Å². The van der Waals surface area contributed by atoms with Gasteiger partial charge in [-0.15, -0.1) is 10.2 Å². The molecule has 1 aromatic carbocycles. The van der Waals surface area contributed by atoms with Crippen LogP contribution in [0.4, 0.5) is 4.39 Å². The maximum Gasteiger partial charge on any atom is 0.259 e. The van der Waals surface area contributed by atoms with Crippen molar-refractivity contribution in [2.75, 3.05) is 13.1 Å². The Bertz CT molecular complexity index is 1260. The number of likely N-dealkylation sites (tertiary alicyclic amines) is 1. The molecule has 0 N–H and O–H groups in total. The Labute approximate surface area is 182 Å². The number of nitrogens with zero attached hydrogens (tertiary/aromatic N) is 5. The van der Waals surface area contributed by atoms with Crippen LogP contribution in [0.15, 0.2) is 47.1 Å². The summed E-state index contributed by atoms with van der Waals surface area (Å²) in [7, 11) is 0. The van der Waals surface area contributed by atoms with Crippen LogP contribution in [0.1, 0.15) is 40.7 Å². The van der Waals surface area contributed by atoms with Crippen molar-refractivity contribution >= 4 is 23.2 Å². The third-order valence-electron chi connectivity index (χ3n) is 5.69. The SMILES string of the molecule is Cc1onc(-c2c(F)cccc2Cl)c1C(=O)N1CCC[C@H](c2nnc3ccccn23)C1. The highest BCUT2D eigenvalue weighted by Crippen LogP contribution is 2.35. The Hall–Kier alpha value is -3.26. The first-order valence-corrected chi connectivity index (χ1v) is 10.4. The topological polar surface area (TPSA) is 76.5 Å². The van der Waals surface area contributed by atoms with E-state index in [0.717, 1.165) is 24.3 Å². The number of pyridine rings is 1. The van der Waals surface area contributed by atoms with Gasteiger partial charge in [0.05, 0.1) is 10.6 Å². The molecule has 5 rings (SSSR count). The smallest absolute Gasteiger partial charge is 0.259 e. The summed E-state index contributed by atoms with van der Waals surface area (Å²) in [5, 5.41) is 12.7. The van der Waals surface area contributed by atoms with Crippen LogP contribution in [0.2, 0.25) is 5.02 Å². The minimum Gasteiger partial charge on any atom is -0.360 e. The average Bonchev–Trinajstić information content (AvgIpc) is 3.37. The number of aromatic nitrogens is 4. The molecule has 1 fully saturated rings. The quantitative estimate of drug-likeness (QED) is 0.469. The molecule has 0 saturated carbocycles. The minimum atomic E-state index is -0.554. The molecular weight excluding hydrogens is 421 g/mol. The van der Waals surface area contributed by atoms with Crippen LogP contribution in [0.3, 0.4) is 0 Å². The van der Waals surface area contributed by atoms with E-state index in [2.05, 4.69) is 15.4 Å². The van der Waals surface area contributed by atoms with E-state index < -0.39 is 5.82 Å². The van der Waals surface area contributed by atoms with Crippen molar-refractivity contribution < 1.29 is 13.7 Å². The second-order valence-electron chi connectivity index (χ2n) is 7.64. The van der Waals surface area contributed by atoms with Gasteiger partial charge in [-0.25, -0.2) is 4.39 Å². The van der Waals surface area contributed by atoms with Crippen LogP contribution in [-0.4, -0.2) is 43.7 Å². The van der Waals surface area contributed by atoms with Gasteiger partial charge in [0.1, 0.15) is 28.7 Å². The summed E-state index contributed by atoms with van der Waals surface area (Å²) in [4.78, 5) is 15.2. The van der Waals surface area contributed by atoms with E-state index in [1.807, 2.05) is 28.8 Å². The number of amides is 1. The molecule has 4 aromatic rings. The number of carbonyl (C=O) groups is 1. The van der Waals surface area contributed by atoms with Gasteiger partial charge in [0.15, 0.2) is 5.65 Å². The number of rotatable bonds is 3. The molecule has 0 aliphatic carbocycles. The molecule has 158 valence electrons. The number of piperidine rings is 1. The van der Waals surface area contributed by atoms with Crippen molar-refractivity contribution in [1.29, 1.82) is 0 Å². The minimum absolute atomic E-state index is 0.0377. The highest BCUT2D eigenvalue weighted by Gasteiger charge is 2.33. The van der Waals surface area contributed by atoms with Gasteiger partial charge in [-0.3, -0.25) is 9.20 Å². The zero-order chi connectivity index (χ0) is 21.5. The summed E-state index contributed by atoms with van der Waals surface area (Å²) in [6.45, 7) is 2.71. The molecule has 1 aliphatic rings. The van der Waals surface area contributed by atoms with Crippen LogP contribution in [0.25, 0.3) is 16.9 Å². The monoisotopic (exact) mass is 439 g/mol. The van der Waals surface area contributed by atoms with E-state index in [1.165, 1.54) is 12.1 Å². The van der Waals surface area contributed by atoms with Crippen LogP contribution < -0.4 is 0 Å². The molecule has 9 heteroatoms. The van der Waals surface area contributed by atoms with Gasteiger partial charge >= 0.3 is 0 Å². The fourth-order valence-corrected chi connectivity index (χ4v) is 4.44. The third kappa shape index (κ3) is 3.37. The van der Waals surface area contributed by atoms with Crippen LogP contribution >= 0.6 is 11.6 Å². The van der Waals surface area contributed by atoms with E-state index in [-0.39, 0.29) is 33.7 Å². The Morgan fingerprint density at radius 2 is 2.10 bits per heavy atom. The standard InChI is InChI=1S/C22H19ClFN5O2/c1-13-18(20(27-31-13)19-15(23)7-4-8-16(19)24)22(30)28-10-5-6-14(12-28)21-26-25-17-9-2-3-11-29(17)21/h2-4,7-9,11,14H,5-6,10,12H2,1H3/t14-/m0/s1. The summed E-state index contributed by atoms with van der Waals surface area (Å²) >= 11 is 6.22. The summed E-state index contributed by atoms with van der Waals surface area (Å²) in [6, 6.07) is 10.1. The molecule has 7 nitrogen and oxygen atoms in total. The second kappa shape index (κ2) is 7.77. The number of hydrogen-bond donors (Lipinski definition) is 0. The Kier molecular flexibility index (Phi) is 4.94. The van der Waals surface area contributed by atoms with E-state index >= 15 is 0 Å². The second-order valence-corrected chi connectivity index (χ2v) is 8.04. The molecular formula is C22H19ClFN5O2. The molecule has 0 unspecified atom stereocenters. The van der Waals surface area contributed by atoms with Crippen molar-refractivity contribution in [1.82, 2.24) is 24.7 Å². The maximum atomic E-state index is 14.5. The zero-order valence-electron chi connectivity index (χ0n) is 16.8. The Morgan fingerprint density at radius 1 is 1.23 bits per heavy atom. The first kappa shape index (κ1) is 19.7. The lowest BCUT2D eigenvalue weighted by molar-refractivity contribution is 0.0703. The van der Waals surface area contributed by atoms with Gasteiger partial charge in [0.25, 0.3) is 5.91 Å². The van der Waals surface area contributed by atoms with Gasteiger partial charge in [-0.1, -0.05) is 28.9 Å². The lowest BCUT2D eigenvalue weighted by Gasteiger charge is -2.32. The average molecular weight is 440 g/mol. The molecule has 0 bridgehead atoms. The van der Waals surface area contributed by atoms with E-state index in [1.54, 1.807) is 17.9 Å². The van der Waals surface area contributed by atoms with Crippen molar-refractivity contribution in [2.45, 2.75) is 25.7 Å². The number of aryl methyl sites for hydroxylation is 1. The third-order valence-corrected chi connectivity index (χ3v) is 6.00. The fourth-order valence-electron chi connectivity index (χ4n) is 4.19. The van der Waals surface area contributed by atoms with Gasteiger partial charge in [-0.05, 0) is 44.0 Å². The van der Waals surface area contributed by atoms with E-state index in [4.69, 9.17) is 16.1 Å². The summed E-state index contributed by atoms with van der Waals surface area (Å²) in [5.41, 5.74) is 1.20. The number of carbonyl (C=O) groups excluding carboxylic acids is 1. The normalized spacial score (nSPS) is 16.7. The van der Waals surface area contributed by atoms with E-state index in [9.17, 15) is 9.18 Å². The summed E-state index contributed by atoms with van der Waals surface area (Å²) < 4.78 is 21.8. The van der Waals surface area contributed by atoms with Crippen molar-refractivity contribution in [3.05, 3.63) is 70.6 Å². The lowest BCUT2D eigenvalue weighted by Crippen LogP contribution is -2.40. The number of benzene rings is 1. The zero-order valence-corrected chi connectivity index (χ0v) is 17.5. The molecule has 3 aromatic heterocycles. The molecule has 1 amide bonds. The largest absolute Gasteiger partial charge is 0.360 e. The molecule has 1 saturated heterocycles. The summed E-state index contributed by atoms with van der Waals surface area (Å²) in [6.07, 6.45) is 3.64. The van der Waals surface area contributed by atoms with Crippen LogP contribution in [-0.2, 0) is 0 Å². The molecule has 31 heavy (non-hydrogen) atoms. The fraction of sp³-hybridized carbons (Fsp3) is 0.273. The molecule has 4 heterocycles. The molecule has 0 radical (unpaired) electrons. The Balaban J connectivity index is 1.48. The summed E-state index contributed by atoms with van der Waals surface area (Å²) in [5.74, 6) is 0.380. The highest BCUT2D eigenvalue weighted by molar-refractivity contribution is 6.33. The van der Waals surface area contributed by atoms with Crippen LogP contribution in [0, 0.1) is 12.7 Å². The molecule has 1 aliphatic heterocycles. The predicted octanol–water partition coefficient (Wildman–Crippen LogP) is 4.51. The van der Waals surface area contributed by atoms with Crippen molar-refractivity contribution in [3.8, 4) is 11.3 Å². The number of hydrogen-bond acceptors (Lipinski definition) is 5. The number of fused-ring (bicyclic) bond motifs is 1. The molecule has 0 spiro atoms. The first-order chi connectivity index (χ1) is 15.0. The number of halogens is 2. The van der Waals surface area contributed by atoms with Gasteiger partial charge in [0, 0.05) is 25.2 Å². The maximum absolute atomic E-state index is 14.5. The lowest BCUT2D eigenvalue weighted by atomic mass is 9.96. The van der Waals surface area contributed by atoms with Crippen molar-refractivity contribution in [2.24, 2.45) is 0 Å². The predicted molar refractivity (Wildman–Crippen MR) is 113 cm³/mol. The first-order valence-electron chi connectivity index (χ1n) is 10.0. The highest BCUT2D eigenvalue weighted by atomic mass is 35.5.